The van der Waals surface area contributed by atoms with E-state index < -0.39 is 0 Å². The van der Waals surface area contributed by atoms with Gasteiger partial charge in [-0.3, -0.25) is 0 Å². The number of hydrogen-bond acceptors (Lipinski definition) is 1. The fourth-order valence-electron chi connectivity index (χ4n) is 2.92. The summed E-state index contributed by atoms with van der Waals surface area (Å²) in [4.78, 5) is 0. The van der Waals surface area contributed by atoms with Gasteiger partial charge in [-0.05, 0) is 29.8 Å². The predicted octanol–water partition coefficient (Wildman–Crippen LogP) is 5.91. The second-order valence-corrected chi connectivity index (χ2v) is 7.01. The second-order valence-electron chi connectivity index (χ2n) is 5.86. The van der Waals surface area contributed by atoms with Gasteiger partial charge in [0.05, 0.1) is 0 Å². The minimum Gasteiger partial charge on any atom is -0.162 e. The summed E-state index contributed by atoms with van der Waals surface area (Å²) < 4.78 is 0. The zero-order valence-corrected chi connectivity index (χ0v) is 12.9. The smallest absolute Gasteiger partial charge is 0.00391 e. The fourth-order valence-corrected chi connectivity index (χ4v) is 4.14. The normalized spacial score (nSPS) is 19.4. The number of hydrogen-bond donors (Lipinski definition) is 0. The van der Waals surface area contributed by atoms with Gasteiger partial charge in [-0.2, -0.15) is 11.8 Å². The van der Waals surface area contributed by atoms with Gasteiger partial charge in [-0.15, -0.1) is 0 Å². The van der Waals surface area contributed by atoms with Gasteiger partial charge in [-0.1, -0.05) is 71.6 Å². The highest BCUT2D eigenvalue weighted by molar-refractivity contribution is 7.99. The summed E-state index contributed by atoms with van der Waals surface area (Å²) in [6, 6.07) is 0. The third-order valence-electron chi connectivity index (χ3n) is 4.23. The average molecular weight is 256 g/mol. The zero-order valence-electron chi connectivity index (χ0n) is 12.0. The van der Waals surface area contributed by atoms with E-state index in [1.807, 2.05) is 0 Å². The van der Waals surface area contributed by atoms with Crippen LogP contribution in [-0.4, -0.2) is 11.5 Å². The molecule has 1 aliphatic rings. The monoisotopic (exact) mass is 256 g/mol. The van der Waals surface area contributed by atoms with Crippen LogP contribution in [0.2, 0.25) is 0 Å². The van der Waals surface area contributed by atoms with E-state index in [4.69, 9.17) is 0 Å². The SMILES string of the molecule is CCCCCCCSCC(C)C1CCCCC1. The molecule has 0 saturated heterocycles. The van der Waals surface area contributed by atoms with E-state index in [0.717, 1.165) is 11.8 Å². The molecule has 1 unspecified atom stereocenters. The van der Waals surface area contributed by atoms with Crippen molar-refractivity contribution >= 4 is 11.8 Å². The van der Waals surface area contributed by atoms with E-state index in [-0.39, 0.29) is 0 Å². The molecule has 1 atom stereocenters. The van der Waals surface area contributed by atoms with Crippen molar-refractivity contribution in [2.75, 3.05) is 11.5 Å². The molecule has 17 heavy (non-hydrogen) atoms. The first-order valence-electron chi connectivity index (χ1n) is 7.92. The summed E-state index contributed by atoms with van der Waals surface area (Å²) in [6.45, 7) is 4.78. The Bertz CT molecular complexity index is 161. The standard InChI is InChI=1S/C16H32S/c1-3-4-5-6-10-13-17-14-15(2)16-11-8-7-9-12-16/h15-16H,3-14H2,1-2H3. The van der Waals surface area contributed by atoms with Crippen LogP contribution in [-0.2, 0) is 0 Å². The van der Waals surface area contributed by atoms with Crippen LogP contribution < -0.4 is 0 Å². The number of thioether (sulfide) groups is 1. The summed E-state index contributed by atoms with van der Waals surface area (Å²) in [5, 5.41) is 0. The molecular formula is C16H32S. The third-order valence-corrected chi connectivity index (χ3v) is 5.57. The predicted molar refractivity (Wildman–Crippen MR) is 81.8 cm³/mol. The average Bonchev–Trinajstić information content (AvgIpc) is 2.38. The van der Waals surface area contributed by atoms with Gasteiger partial charge >= 0.3 is 0 Å². The molecule has 0 spiro atoms. The summed E-state index contributed by atoms with van der Waals surface area (Å²) in [5.74, 6) is 4.84. The quantitative estimate of drug-likeness (QED) is 0.462. The molecule has 0 nitrogen and oxygen atoms in total. The lowest BCUT2D eigenvalue weighted by molar-refractivity contribution is 0.282. The van der Waals surface area contributed by atoms with Crippen LogP contribution in [0.4, 0.5) is 0 Å². The maximum Gasteiger partial charge on any atom is -0.00391 e. The van der Waals surface area contributed by atoms with Crippen LogP contribution in [0.3, 0.4) is 0 Å². The van der Waals surface area contributed by atoms with Crippen molar-refractivity contribution in [2.24, 2.45) is 11.8 Å². The van der Waals surface area contributed by atoms with Crippen molar-refractivity contribution in [1.29, 1.82) is 0 Å². The summed E-state index contributed by atoms with van der Waals surface area (Å²) >= 11 is 2.21. The van der Waals surface area contributed by atoms with Gasteiger partial charge in [0.1, 0.15) is 0 Å². The topological polar surface area (TPSA) is 0 Å². The van der Waals surface area contributed by atoms with E-state index >= 15 is 0 Å². The Morgan fingerprint density at radius 3 is 2.41 bits per heavy atom. The van der Waals surface area contributed by atoms with Crippen LogP contribution in [0.1, 0.15) is 78.1 Å². The Morgan fingerprint density at radius 1 is 1.00 bits per heavy atom. The highest BCUT2D eigenvalue weighted by Crippen LogP contribution is 2.31. The maximum atomic E-state index is 2.49. The lowest BCUT2D eigenvalue weighted by Crippen LogP contribution is -2.17. The molecule has 1 rings (SSSR count). The Kier molecular flexibility index (Phi) is 9.33. The molecule has 0 aliphatic heterocycles. The van der Waals surface area contributed by atoms with Gasteiger partial charge < -0.3 is 0 Å². The van der Waals surface area contributed by atoms with Gasteiger partial charge in [0, 0.05) is 0 Å². The summed E-state index contributed by atoms with van der Waals surface area (Å²) in [7, 11) is 0. The minimum atomic E-state index is 0.968. The fraction of sp³-hybridized carbons (Fsp3) is 1.00. The van der Waals surface area contributed by atoms with Crippen molar-refractivity contribution in [2.45, 2.75) is 78.1 Å². The van der Waals surface area contributed by atoms with Crippen LogP contribution in [0.25, 0.3) is 0 Å². The lowest BCUT2D eigenvalue weighted by atomic mass is 9.82. The van der Waals surface area contributed by atoms with Gasteiger partial charge in [0.2, 0.25) is 0 Å². The first kappa shape index (κ1) is 15.4. The van der Waals surface area contributed by atoms with Crippen molar-refractivity contribution < 1.29 is 0 Å². The molecule has 1 fully saturated rings. The Hall–Kier alpha value is 0.350. The summed E-state index contributed by atoms with van der Waals surface area (Å²) in [6.07, 6.45) is 14.7. The molecule has 0 bridgehead atoms. The van der Waals surface area contributed by atoms with Gasteiger partial charge in [-0.25, -0.2) is 0 Å². The Labute approximate surface area is 113 Å². The highest BCUT2D eigenvalue weighted by atomic mass is 32.2. The highest BCUT2D eigenvalue weighted by Gasteiger charge is 2.19. The molecule has 0 heterocycles. The molecule has 0 radical (unpaired) electrons. The summed E-state index contributed by atoms with van der Waals surface area (Å²) in [5.41, 5.74) is 0. The van der Waals surface area contributed by atoms with Gasteiger partial charge in [0.25, 0.3) is 0 Å². The molecule has 0 aromatic carbocycles. The largest absolute Gasteiger partial charge is 0.162 e. The van der Waals surface area contributed by atoms with Crippen LogP contribution >= 0.6 is 11.8 Å². The number of unbranched alkanes of at least 4 members (excludes halogenated alkanes) is 4. The van der Waals surface area contributed by atoms with E-state index in [2.05, 4.69) is 25.6 Å². The van der Waals surface area contributed by atoms with Crippen LogP contribution in [0.15, 0.2) is 0 Å². The second kappa shape index (κ2) is 10.3. The van der Waals surface area contributed by atoms with Crippen LogP contribution in [0, 0.1) is 11.8 Å². The molecule has 1 saturated carbocycles. The molecule has 0 amide bonds. The number of rotatable bonds is 9. The van der Waals surface area contributed by atoms with Crippen molar-refractivity contribution in [1.82, 2.24) is 0 Å². The zero-order chi connectivity index (χ0) is 12.3. The molecular weight excluding hydrogens is 224 g/mol. The van der Waals surface area contributed by atoms with Crippen molar-refractivity contribution in [3.05, 3.63) is 0 Å². The first-order chi connectivity index (χ1) is 8.34. The molecule has 1 heteroatoms. The molecule has 0 aromatic heterocycles. The van der Waals surface area contributed by atoms with Crippen LogP contribution in [0.5, 0.6) is 0 Å². The Balaban J connectivity index is 1.90. The third kappa shape index (κ3) is 7.39. The Morgan fingerprint density at radius 2 is 1.71 bits per heavy atom. The van der Waals surface area contributed by atoms with Crippen molar-refractivity contribution in [3.8, 4) is 0 Å². The van der Waals surface area contributed by atoms with E-state index in [1.54, 1.807) is 0 Å². The molecule has 0 N–H and O–H groups in total. The lowest BCUT2D eigenvalue weighted by Gasteiger charge is -2.27. The van der Waals surface area contributed by atoms with E-state index in [0.29, 0.717) is 0 Å². The minimum absolute atomic E-state index is 0.968. The molecule has 1 aliphatic carbocycles. The molecule has 0 aromatic rings. The van der Waals surface area contributed by atoms with E-state index in [1.165, 1.54) is 75.7 Å². The van der Waals surface area contributed by atoms with Gasteiger partial charge in [0.15, 0.2) is 0 Å². The van der Waals surface area contributed by atoms with Crippen molar-refractivity contribution in [3.63, 3.8) is 0 Å². The van der Waals surface area contributed by atoms with E-state index in [9.17, 15) is 0 Å². The maximum absolute atomic E-state index is 2.49. The molecule has 102 valence electrons. The first-order valence-corrected chi connectivity index (χ1v) is 9.07.